The van der Waals surface area contributed by atoms with Gasteiger partial charge in [0.1, 0.15) is 0 Å². The molecule has 2 aromatic rings. The lowest BCUT2D eigenvalue weighted by atomic mass is 10.1. The Kier molecular flexibility index (Phi) is 12.1. The lowest BCUT2D eigenvalue weighted by Gasteiger charge is -2.09. The number of hydrogen-bond acceptors (Lipinski definition) is 4. The molecule has 0 fully saturated rings. The van der Waals surface area contributed by atoms with Crippen LogP contribution in [-0.4, -0.2) is 24.9 Å². The van der Waals surface area contributed by atoms with Crippen LogP contribution in [0.1, 0.15) is 104 Å². The first kappa shape index (κ1) is 25.8. The molecule has 2 heterocycles. The van der Waals surface area contributed by atoms with E-state index in [1.54, 1.807) is 18.8 Å². The largest absolute Gasteiger partial charge is 0.329 e. The summed E-state index contributed by atoms with van der Waals surface area (Å²) >= 11 is 1.72. The number of aromatic amines is 1. The summed E-state index contributed by atoms with van der Waals surface area (Å²) < 4.78 is 3.50. The molecule has 176 valence electrons. The van der Waals surface area contributed by atoms with Gasteiger partial charge in [0, 0.05) is 19.3 Å². The number of fused-ring (bicyclic) bond motifs is 1. The fraction of sp³-hybridized carbons (Fsp3) is 0.792. The minimum absolute atomic E-state index is 0.323. The van der Waals surface area contributed by atoms with Gasteiger partial charge in [-0.1, -0.05) is 103 Å². The first-order chi connectivity index (χ1) is 15.1. The van der Waals surface area contributed by atoms with Crippen LogP contribution >= 0.6 is 11.8 Å². The van der Waals surface area contributed by atoms with Crippen LogP contribution in [0.25, 0.3) is 11.2 Å². The van der Waals surface area contributed by atoms with Gasteiger partial charge in [0.25, 0.3) is 5.56 Å². The highest BCUT2D eigenvalue weighted by Gasteiger charge is 2.17. The molecule has 2 aromatic heterocycles. The van der Waals surface area contributed by atoms with Crippen LogP contribution in [0.15, 0.2) is 14.7 Å². The van der Waals surface area contributed by atoms with Crippen LogP contribution in [0.3, 0.4) is 0 Å². The SMILES string of the molecule is CCCCCCCCCSc1nc2c(c(=O)[nH]c(=O)n2C)n1CCCCCCCCC. The Balaban J connectivity index is 1.98. The van der Waals surface area contributed by atoms with Crippen LogP contribution in [0.2, 0.25) is 0 Å². The number of thioether (sulfide) groups is 1. The van der Waals surface area contributed by atoms with Crippen LogP contribution in [-0.2, 0) is 13.6 Å². The zero-order chi connectivity index (χ0) is 22.5. The molecule has 7 heteroatoms. The van der Waals surface area contributed by atoms with Crippen molar-refractivity contribution in [3.63, 3.8) is 0 Å². The zero-order valence-corrected chi connectivity index (χ0v) is 20.7. The molecule has 0 amide bonds. The van der Waals surface area contributed by atoms with Gasteiger partial charge >= 0.3 is 5.69 Å². The molecule has 1 N–H and O–H groups in total. The van der Waals surface area contributed by atoms with Gasteiger partial charge in [0.2, 0.25) is 0 Å². The first-order valence-electron chi connectivity index (χ1n) is 12.4. The Morgan fingerprint density at radius 1 is 0.806 bits per heavy atom. The standard InChI is InChI=1S/C24H42N4O2S/c1-4-6-8-10-12-14-16-18-28-20-21(27(3)23(30)26-22(20)29)25-24(28)31-19-17-15-13-11-9-7-5-2/h4-19H2,1-3H3,(H,26,29,30). The molecule has 0 aliphatic carbocycles. The van der Waals surface area contributed by atoms with E-state index in [0.29, 0.717) is 11.2 Å². The highest BCUT2D eigenvalue weighted by atomic mass is 32.2. The summed E-state index contributed by atoms with van der Waals surface area (Å²) in [5, 5.41) is 0.874. The summed E-state index contributed by atoms with van der Waals surface area (Å²) in [5.41, 5.74) is 0.312. The quantitative estimate of drug-likeness (QED) is 0.236. The summed E-state index contributed by atoms with van der Waals surface area (Å²) in [4.78, 5) is 31.7. The van der Waals surface area contributed by atoms with Crippen molar-refractivity contribution in [2.75, 3.05) is 5.75 Å². The van der Waals surface area contributed by atoms with E-state index in [2.05, 4.69) is 18.8 Å². The highest BCUT2D eigenvalue weighted by Crippen LogP contribution is 2.24. The minimum atomic E-state index is -0.401. The molecule has 0 aliphatic heterocycles. The second kappa shape index (κ2) is 14.5. The van der Waals surface area contributed by atoms with Crippen molar-refractivity contribution in [1.29, 1.82) is 0 Å². The molecule has 0 spiro atoms. The predicted octanol–water partition coefficient (Wildman–Crippen LogP) is 6.02. The van der Waals surface area contributed by atoms with Crippen LogP contribution < -0.4 is 11.2 Å². The van der Waals surface area contributed by atoms with Crippen LogP contribution in [0.4, 0.5) is 0 Å². The van der Waals surface area contributed by atoms with Gasteiger partial charge in [0.15, 0.2) is 16.3 Å². The van der Waals surface area contributed by atoms with Crippen LogP contribution in [0, 0.1) is 0 Å². The van der Waals surface area contributed by atoms with E-state index in [-0.39, 0.29) is 5.56 Å². The van der Waals surface area contributed by atoms with Gasteiger partial charge in [-0.15, -0.1) is 0 Å². The van der Waals surface area contributed by atoms with Crippen LogP contribution in [0.5, 0.6) is 0 Å². The molecular formula is C24H42N4O2S. The van der Waals surface area contributed by atoms with E-state index >= 15 is 0 Å². The molecule has 0 aromatic carbocycles. The number of hydrogen-bond donors (Lipinski definition) is 1. The summed E-state index contributed by atoms with van der Waals surface area (Å²) in [7, 11) is 1.68. The normalized spacial score (nSPS) is 11.6. The molecular weight excluding hydrogens is 408 g/mol. The molecule has 0 unspecified atom stereocenters. The van der Waals surface area contributed by atoms with Gasteiger partial charge in [-0.3, -0.25) is 14.3 Å². The summed E-state index contributed by atoms with van der Waals surface area (Å²) in [6, 6.07) is 0. The number of rotatable bonds is 17. The fourth-order valence-electron chi connectivity index (χ4n) is 3.98. The average molecular weight is 451 g/mol. The van der Waals surface area contributed by atoms with Crippen molar-refractivity contribution in [1.82, 2.24) is 19.1 Å². The van der Waals surface area contributed by atoms with Crippen molar-refractivity contribution in [3.05, 3.63) is 20.8 Å². The van der Waals surface area contributed by atoms with Crippen molar-refractivity contribution in [2.45, 2.75) is 115 Å². The Bertz CT molecular complexity index is 884. The van der Waals surface area contributed by atoms with E-state index < -0.39 is 5.69 Å². The predicted molar refractivity (Wildman–Crippen MR) is 132 cm³/mol. The van der Waals surface area contributed by atoms with E-state index in [1.165, 1.54) is 75.2 Å². The van der Waals surface area contributed by atoms with E-state index in [1.807, 2.05) is 4.57 Å². The van der Waals surface area contributed by atoms with Gasteiger partial charge < -0.3 is 4.57 Å². The Labute approximate surface area is 191 Å². The molecule has 0 saturated carbocycles. The van der Waals surface area contributed by atoms with Crippen molar-refractivity contribution in [2.24, 2.45) is 7.05 Å². The van der Waals surface area contributed by atoms with Crippen molar-refractivity contribution in [3.8, 4) is 0 Å². The summed E-state index contributed by atoms with van der Waals surface area (Å²) in [5.74, 6) is 1.000. The third-order valence-electron chi connectivity index (χ3n) is 5.94. The van der Waals surface area contributed by atoms with E-state index in [4.69, 9.17) is 4.98 Å². The van der Waals surface area contributed by atoms with Gasteiger partial charge in [0.05, 0.1) is 0 Å². The van der Waals surface area contributed by atoms with Gasteiger partial charge in [-0.05, 0) is 12.8 Å². The van der Waals surface area contributed by atoms with Crippen molar-refractivity contribution < 1.29 is 0 Å². The molecule has 0 bridgehead atoms. The Hall–Kier alpha value is -1.50. The smallest absolute Gasteiger partial charge is 0.313 e. The minimum Gasteiger partial charge on any atom is -0.313 e. The molecule has 0 atom stereocenters. The molecule has 0 aliphatic rings. The molecule has 6 nitrogen and oxygen atoms in total. The monoisotopic (exact) mass is 450 g/mol. The first-order valence-corrected chi connectivity index (χ1v) is 13.4. The maximum Gasteiger partial charge on any atom is 0.329 e. The third kappa shape index (κ3) is 8.17. The average Bonchev–Trinajstić information content (AvgIpc) is 3.12. The Morgan fingerprint density at radius 2 is 1.35 bits per heavy atom. The maximum absolute atomic E-state index is 12.6. The Morgan fingerprint density at radius 3 is 1.97 bits per heavy atom. The van der Waals surface area contributed by atoms with Gasteiger partial charge in [-0.25, -0.2) is 9.78 Å². The maximum atomic E-state index is 12.6. The second-order valence-electron chi connectivity index (χ2n) is 8.63. The number of imidazole rings is 1. The fourth-order valence-corrected chi connectivity index (χ4v) is 5.00. The summed E-state index contributed by atoms with van der Waals surface area (Å²) in [6.07, 6.45) is 17.6. The van der Waals surface area contributed by atoms with E-state index in [9.17, 15) is 9.59 Å². The molecule has 0 radical (unpaired) electrons. The van der Waals surface area contributed by atoms with Gasteiger partial charge in [-0.2, -0.15) is 0 Å². The van der Waals surface area contributed by atoms with Crippen molar-refractivity contribution >= 4 is 22.9 Å². The molecule has 0 saturated heterocycles. The number of nitrogens with one attached hydrogen (secondary N) is 1. The number of aromatic nitrogens is 4. The van der Waals surface area contributed by atoms with E-state index in [0.717, 1.165) is 36.7 Å². The summed E-state index contributed by atoms with van der Waals surface area (Å²) in [6.45, 7) is 5.27. The highest BCUT2D eigenvalue weighted by molar-refractivity contribution is 7.99. The number of aryl methyl sites for hydroxylation is 2. The lowest BCUT2D eigenvalue weighted by molar-refractivity contribution is 0.538. The number of nitrogens with zero attached hydrogens (tertiary/aromatic N) is 3. The molecule has 2 rings (SSSR count). The number of unbranched alkanes of at least 4 members (excludes halogenated alkanes) is 12. The third-order valence-corrected chi connectivity index (χ3v) is 7.00. The second-order valence-corrected chi connectivity index (χ2v) is 9.69. The number of H-pyrrole nitrogens is 1. The lowest BCUT2D eigenvalue weighted by Crippen LogP contribution is -2.29. The topological polar surface area (TPSA) is 72.7 Å². The zero-order valence-electron chi connectivity index (χ0n) is 19.9. The molecule has 31 heavy (non-hydrogen) atoms.